The smallest absolute Gasteiger partial charge is 0.246 e. The first-order valence-electron chi connectivity index (χ1n) is 15.0. The number of ether oxygens (including phenoxy) is 3. The summed E-state index contributed by atoms with van der Waals surface area (Å²) in [4.78, 5) is 15.5. The Hall–Kier alpha value is -2.50. The van der Waals surface area contributed by atoms with Crippen LogP contribution in [0.15, 0.2) is 41.3 Å². The molecular formula is C32H47N3O6S. The minimum atomic E-state index is -3.73. The highest BCUT2D eigenvalue weighted by atomic mass is 32.2. The second-order valence-electron chi connectivity index (χ2n) is 11.5. The van der Waals surface area contributed by atoms with Crippen LogP contribution in [0.5, 0.6) is 5.75 Å². The number of hydrogen-bond acceptors (Lipinski definition) is 7. The minimum absolute atomic E-state index is 0.0894. The number of carbonyl (C=O) groups excluding carboxylic acids is 1. The standard InChI is InChI=1S/C32H47N3O6S/c1-23-21-29(39-5)24(2)25(3)32(23)42(37,38)34(4)15-18-41-22-30(36)33-28-13-11-27(12-14-28)31(26-9-7-6-8-10-26)35-16-19-40-20-17-35/h6-10,21,27-28,31H,11-20,22H2,1-5H3,(H,33,36). The number of aryl methyl sites for hydroxylation is 1. The molecule has 9 nitrogen and oxygen atoms in total. The number of likely N-dealkylation sites (N-methyl/N-ethyl adjacent to an activating group) is 1. The van der Waals surface area contributed by atoms with Gasteiger partial charge in [-0.05, 0) is 80.7 Å². The maximum absolute atomic E-state index is 13.3. The topological polar surface area (TPSA) is 97.4 Å². The molecule has 232 valence electrons. The number of hydrogen-bond donors (Lipinski definition) is 1. The molecule has 1 N–H and O–H groups in total. The number of rotatable bonds is 12. The second-order valence-corrected chi connectivity index (χ2v) is 13.5. The monoisotopic (exact) mass is 601 g/mol. The Labute approximate surface area is 251 Å². The fourth-order valence-electron chi connectivity index (χ4n) is 6.40. The molecule has 1 aliphatic carbocycles. The van der Waals surface area contributed by atoms with E-state index in [-0.39, 0.29) is 31.7 Å². The molecule has 1 amide bonds. The van der Waals surface area contributed by atoms with Crippen LogP contribution < -0.4 is 10.1 Å². The summed E-state index contributed by atoms with van der Waals surface area (Å²) in [6.07, 6.45) is 3.97. The van der Waals surface area contributed by atoms with Crippen LogP contribution in [-0.4, -0.2) is 89.8 Å². The molecule has 1 unspecified atom stereocenters. The van der Waals surface area contributed by atoms with Crippen molar-refractivity contribution in [3.8, 4) is 5.75 Å². The van der Waals surface area contributed by atoms with Gasteiger partial charge in [-0.1, -0.05) is 30.3 Å². The summed E-state index contributed by atoms with van der Waals surface area (Å²) in [5.41, 5.74) is 3.47. The summed E-state index contributed by atoms with van der Waals surface area (Å²) >= 11 is 0. The van der Waals surface area contributed by atoms with Crippen molar-refractivity contribution in [2.75, 3.05) is 60.2 Å². The molecule has 1 atom stereocenters. The molecule has 0 radical (unpaired) electrons. The number of nitrogens with one attached hydrogen (secondary N) is 1. The maximum Gasteiger partial charge on any atom is 0.246 e. The van der Waals surface area contributed by atoms with Crippen molar-refractivity contribution < 1.29 is 27.4 Å². The fraction of sp³-hybridized carbons (Fsp3) is 0.594. The van der Waals surface area contributed by atoms with Crippen LogP contribution in [0.25, 0.3) is 0 Å². The van der Waals surface area contributed by atoms with Gasteiger partial charge in [0.15, 0.2) is 0 Å². The van der Waals surface area contributed by atoms with E-state index < -0.39 is 10.0 Å². The number of amides is 1. The van der Waals surface area contributed by atoms with Gasteiger partial charge in [-0.2, -0.15) is 4.31 Å². The minimum Gasteiger partial charge on any atom is -0.496 e. The van der Waals surface area contributed by atoms with E-state index in [0.717, 1.165) is 57.6 Å². The molecule has 1 aliphatic heterocycles. The molecule has 10 heteroatoms. The molecule has 0 bridgehead atoms. The van der Waals surface area contributed by atoms with E-state index in [0.29, 0.717) is 33.7 Å². The highest BCUT2D eigenvalue weighted by Gasteiger charge is 2.33. The molecule has 42 heavy (non-hydrogen) atoms. The lowest BCUT2D eigenvalue weighted by Crippen LogP contribution is -2.45. The van der Waals surface area contributed by atoms with E-state index in [1.807, 2.05) is 6.92 Å². The maximum atomic E-state index is 13.3. The van der Waals surface area contributed by atoms with Gasteiger partial charge in [0.2, 0.25) is 15.9 Å². The molecule has 4 rings (SSSR count). The SMILES string of the molecule is COc1cc(C)c(S(=O)(=O)N(C)CCOCC(=O)NC2CCC(C(c3ccccc3)N3CCOCC3)CC2)c(C)c1C. The van der Waals surface area contributed by atoms with Crippen LogP contribution in [-0.2, 0) is 24.3 Å². The van der Waals surface area contributed by atoms with Crippen molar-refractivity contribution in [2.24, 2.45) is 5.92 Å². The molecule has 2 aliphatic rings. The van der Waals surface area contributed by atoms with Crippen LogP contribution in [0, 0.1) is 26.7 Å². The Balaban J connectivity index is 1.23. The normalized spacial score (nSPS) is 20.8. The molecule has 0 aromatic heterocycles. The van der Waals surface area contributed by atoms with Crippen LogP contribution in [0.2, 0.25) is 0 Å². The Morgan fingerprint density at radius 1 is 1.07 bits per heavy atom. The largest absolute Gasteiger partial charge is 0.496 e. The number of nitrogens with zero attached hydrogens (tertiary/aromatic N) is 2. The van der Waals surface area contributed by atoms with Gasteiger partial charge in [-0.15, -0.1) is 0 Å². The lowest BCUT2D eigenvalue weighted by Gasteiger charge is -2.42. The quantitative estimate of drug-likeness (QED) is 0.367. The van der Waals surface area contributed by atoms with E-state index >= 15 is 0 Å². The van der Waals surface area contributed by atoms with E-state index in [4.69, 9.17) is 14.2 Å². The lowest BCUT2D eigenvalue weighted by molar-refractivity contribution is -0.126. The Kier molecular flexibility index (Phi) is 11.4. The molecular weight excluding hydrogens is 554 g/mol. The van der Waals surface area contributed by atoms with Crippen LogP contribution in [0.1, 0.15) is 54.0 Å². The first kappa shape index (κ1) is 32.4. The van der Waals surface area contributed by atoms with Gasteiger partial charge in [0.25, 0.3) is 0 Å². The van der Waals surface area contributed by atoms with Crippen molar-refractivity contribution in [1.29, 1.82) is 0 Å². The zero-order valence-corrected chi connectivity index (χ0v) is 26.5. The van der Waals surface area contributed by atoms with Gasteiger partial charge in [-0.25, -0.2) is 8.42 Å². The van der Waals surface area contributed by atoms with Crippen molar-refractivity contribution in [1.82, 2.24) is 14.5 Å². The zero-order chi connectivity index (χ0) is 30.3. The number of morpholine rings is 1. The molecule has 1 saturated carbocycles. The summed E-state index contributed by atoms with van der Waals surface area (Å²) in [5, 5.41) is 3.13. The highest BCUT2D eigenvalue weighted by molar-refractivity contribution is 7.89. The van der Waals surface area contributed by atoms with Gasteiger partial charge in [0, 0.05) is 38.8 Å². The Morgan fingerprint density at radius 3 is 2.38 bits per heavy atom. The molecule has 2 aromatic carbocycles. The summed E-state index contributed by atoms with van der Waals surface area (Å²) in [7, 11) is -0.611. The fourth-order valence-corrected chi connectivity index (χ4v) is 8.03. The van der Waals surface area contributed by atoms with Gasteiger partial charge < -0.3 is 19.5 Å². The predicted molar refractivity (Wildman–Crippen MR) is 163 cm³/mol. The van der Waals surface area contributed by atoms with Gasteiger partial charge in [0.05, 0.1) is 31.8 Å². The first-order chi connectivity index (χ1) is 20.1. The third-order valence-corrected chi connectivity index (χ3v) is 11.0. The number of sulfonamides is 1. The van der Waals surface area contributed by atoms with E-state index in [9.17, 15) is 13.2 Å². The van der Waals surface area contributed by atoms with E-state index in [1.54, 1.807) is 27.0 Å². The predicted octanol–water partition coefficient (Wildman–Crippen LogP) is 4.01. The van der Waals surface area contributed by atoms with Crippen molar-refractivity contribution in [2.45, 2.75) is 63.4 Å². The molecule has 1 heterocycles. The van der Waals surface area contributed by atoms with Crippen LogP contribution >= 0.6 is 0 Å². The molecule has 2 fully saturated rings. The molecule has 0 spiro atoms. The summed E-state index contributed by atoms with van der Waals surface area (Å²) in [6, 6.07) is 13.0. The third kappa shape index (κ3) is 7.71. The lowest BCUT2D eigenvalue weighted by atomic mass is 9.78. The summed E-state index contributed by atoms with van der Waals surface area (Å²) in [6.45, 7) is 9.05. The Bertz CT molecular complexity index is 1290. The molecule has 2 aromatic rings. The van der Waals surface area contributed by atoms with Crippen molar-refractivity contribution in [3.05, 3.63) is 58.7 Å². The summed E-state index contributed by atoms with van der Waals surface area (Å²) in [5.74, 6) is 1.05. The number of carbonyl (C=O) groups is 1. The number of benzene rings is 2. The van der Waals surface area contributed by atoms with Crippen LogP contribution in [0.4, 0.5) is 0 Å². The van der Waals surface area contributed by atoms with Gasteiger partial charge in [0.1, 0.15) is 12.4 Å². The zero-order valence-electron chi connectivity index (χ0n) is 25.7. The van der Waals surface area contributed by atoms with E-state index in [2.05, 4.69) is 40.5 Å². The highest BCUT2D eigenvalue weighted by Crippen LogP contribution is 2.39. The average molecular weight is 602 g/mol. The van der Waals surface area contributed by atoms with Crippen molar-refractivity contribution in [3.63, 3.8) is 0 Å². The van der Waals surface area contributed by atoms with E-state index in [1.165, 1.54) is 16.9 Å². The third-order valence-electron chi connectivity index (χ3n) is 8.81. The second kappa shape index (κ2) is 14.8. The van der Waals surface area contributed by atoms with Gasteiger partial charge in [-0.3, -0.25) is 9.69 Å². The Morgan fingerprint density at radius 2 is 1.74 bits per heavy atom. The number of methoxy groups -OCH3 is 1. The van der Waals surface area contributed by atoms with Crippen molar-refractivity contribution >= 4 is 15.9 Å². The summed E-state index contributed by atoms with van der Waals surface area (Å²) < 4.78 is 44.5. The van der Waals surface area contributed by atoms with Gasteiger partial charge >= 0.3 is 0 Å². The van der Waals surface area contributed by atoms with Crippen LogP contribution in [0.3, 0.4) is 0 Å². The average Bonchev–Trinajstić information content (AvgIpc) is 2.99. The first-order valence-corrected chi connectivity index (χ1v) is 16.4. The molecule has 1 saturated heterocycles.